The Labute approximate surface area is 89.4 Å². The van der Waals surface area contributed by atoms with E-state index < -0.39 is 11.7 Å². The summed E-state index contributed by atoms with van der Waals surface area (Å²) in [5.74, 6) is 0.569. The van der Waals surface area contributed by atoms with E-state index in [2.05, 4.69) is 5.32 Å². The van der Waals surface area contributed by atoms with Gasteiger partial charge < -0.3 is 5.32 Å². The molecular formula is C11H20F3N. The zero-order chi connectivity index (χ0) is 11.7. The molecule has 1 rings (SSSR count). The molecule has 90 valence electrons. The van der Waals surface area contributed by atoms with Crippen molar-refractivity contribution in [1.82, 2.24) is 5.32 Å². The molecule has 4 heteroatoms. The third-order valence-electron chi connectivity index (χ3n) is 3.42. The predicted molar refractivity (Wildman–Crippen MR) is 54.6 cm³/mol. The maximum absolute atomic E-state index is 12.9. The number of halogens is 3. The molecule has 0 aliphatic heterocycles. The van der Waals surface area contributed by atoms with E-state index in [1.54, 1.807) is 0 Å². The van der Waals surface area contributed by atoms with Crippen LogP contribution < -0.4 is 5.32 Å². The molecule has 0 bridgehead atoms. The molecule has 0 spiro atoms. The number of rotatable bonds is 4. The van der Waals surface area contributed by atoms with Gasteiger partial charge in [0.1, 0.15) is 5.54 Å². The van der Waals surface area contributed by atoms with E-state index in [4.69, 9.17) is 0 Å². The SMILES string of the molecule is CCCNC1(C(F)(F)F)CC(C(C)C)C1. The molecule has 15 heavy (non-hydrogen) atoms. The number of hydrogen-bond acceptors (Lipinski definition) is 1. The Kier molecular flexibility index (Phi) is 3.69. The van der Waals surface area contributed by atoms with Gasteiger partial charge in [0.05, 0.1) is 0 Å². The third-order valence-corrected chi connectivity index (χ3v) is 3.42. The number of nitrogens with one attached hydrogen (secondary N) is 1. The third kappa shape index (κ3) is 2.47. The minimum atomic E-state index is -4.10. The highest BCUT2D eigenvalue weighted by atomic mass is 19.4. The lowest BCUT2D eigenvalue weighted by molar-refractivity contribution is -0.234. The number of alkyl halides is 3. The second-order valence-corrected chi connectivity index (χ2v) is 4.92. The maximum atomic E-state index is 12.9. The zero-order valence-corrected chi connectivity index (χ0v) is 9.62. The van der Waals surface area contributed by atoms with Crippen molar-refractivity contribution in [2.75, 3.05) is 6.54 Å². The van der Waals surface area contributed by atoms with Crippen molar-refractivity contribution in [2.24, 2.45) is 11.8 Å². The van der Waals surface area contributed by atoms with Gasteiger partial charge in [-0.15, -0.1) is 0 Å². The van der Waals surface area contributed by atoms with Crippen LogP contribution in [0.15, 0.2) is 0 Å². The Morgan fingerprint density at radius 3 is 2.20 bits per heavy atom. The average molecular weight is 223 g/mol. The number of hydrogen-bond donors (Lipinski definition) is 1. The van der Waals surface area contributed by atoms with Crippen LogP contribution in [-0.4, -0.2) is 18.3 Å². The first-order chi connectivity index (χ1) is 6.82. The van der Waals surface area contributed by atoms with E-state index in [9.17, 15) is 13.2 Å². The molecule has 1 fully saturated rings. The zero-order valence-electron chi connectivity index (χ0n) is 9.62. The van der Waals surface area contributed by atoms with Crippen LogP contribution in [0.4, 0.5) is 13.2 Å². The lowest BCUT2D eigenvalue weighted by Gasteiger charge is -2.50. The van der Waals surface area contributed by atoms with Crippen molar-refractivity contribution in [3.8, 4) is 0 Å². The Bertz CT molecular complexity index is 204. The van der Waals surface area contributed by atoms with E-state index in [1.165, 1.54) is 0 Å². The van der Waals surface area contributed by atoms with Gasteiger partial charge in [-0.05, 0) is 37.6 Å². The highest BCUT2D eigenvalue weighted by Gasteiger charge is 2.61. The topological polar surface area (TPSA) is 12.0 Å². The quantitative estimate of drug-likeness (QED) is 0.770. The van der Waals surface area contributed by atoms with Crippen molar-refractivity contribution in [2.45, 2.75) is 51.7 Å². The first-order valence-electron chi connectivity index (χ1n) is 5.64. The summed E-state index contributed by atoms with van der Waals surface area (Å²) in [5.41, 5.74) is -1.59. The molecule has 1 aliphatic rings. The Morgan fingerprint density at radius 1 is 1.33 bits per heavy atom. The summed E-state index contributed by atoms with van der Waals surface area (Å²) in [6.07, 6.45) is -2.87. The average Bonchev–Trinajstić information content (AvgIpc) is 1.98. The Hall–Kier alpha value is -0.250. The van der Waals surface area contributed by atoms with Gasteiger partial charge in [0.25, 0.3) is 0 Å². The van der Waals surface area contributed by atoms with Gasteiger partial charge in [-0.3, -0.25) is 0 Å². The monoisotopic (exact) mass is 223 g/mol. The van der Waals surface area contributed by atoms with Gasteiger partial charge in [0, 0.05) is 0 Å². The molecule has 0 unspecified atom stereocenters. The first-order valence-corrected chi connectivity index (χ1v) is 5.64. The molecule has 0 aromatic heterocycles. The van der Waals surface area contributed by atoms with Crippen LogP contribution in [0.25, 0.3) is 0 Å². The highest BCUT2D eigenvalue weighted by Crippen LogP contribution is 2.50. The molecule has 0 atom stereocenters. The molecule has 0 aromatic rings. The fourth-order valence-corrected chi connectivity index (χ4v) is 2.15. The van der Waals surface area contributed by atoms with Crippen LogP contribution in [0.5, 0.6) is 0 Å². The van der Waals surface area contributed by atoms with E-state index >= 15 is 0 Å². The summed E-state index contributed by atoms with van der Waals surface area (Å²) in [4.78, 5) is 0. The van der Waals surface area contributed by atoms with Crippen LogP contribution in [0.1, 0.15) is 40.0 Å². The normalized spacial score (nSPS) is 31.8. The molecule has 1 aliphatic carbocycles. The largest absolute Gasteiger partial charge is 0.406 e. The molecule has 0 saturated heterocycles. The molecule has 0 aromatic carbocycles. The Balaban J connectivity index is 2.59. The molecule has 0 amide bonds. The second-order valence-electron chi connectivity index (χ2n) is 4.92. The van der Waals surface area contributed by atoms with E-state index in [-0.39, 0.29) is 18.8 Å². The van der Waals surface area contributed by atoms with Crippen LogP contribution >= 0.6 is 0 Å². The van der Waals surface area contributed by atoms with Gasteiger partial charge in [-0.25, -0.2) is 0 Å². The fraction of sp³-hybridized carbons (Fsp3) is 1.00. The van der Waals surface area contributed by atoms with Gasteiger partial charge in [-0.1, -0.05) is 20.8 Å². The fourth-order valence-electron chi connectivity index (χ4n) is 2.15. The van der Waals surface area contributed by atoms with Crippen molar-refractivity contribution >= 4 is 0 Å². The summed E-state index contributed by atoms with van der Waals surface area (Å²) in [5, 5.41) is 2.68. The standard InChI is InChI=1S/C11H20F3N/c1-4-5-15-10(11(12,13)14)6-9(7-10)8(2)3/h8-9,15H,4-7H2,1-3H3. The molecule has 1 nitrogen and oxygen atoms in total. The van der Waals surface area contributed by atoms with Gasteiger partial charge >= 0.3 is 6.18 Å². The van der Waals surface area contributed by atoms with Crippen LogP contribution in [0.2, 0.25) is 0 Å². The van der Waals surface area contributed by atoms with Crippen molar-refractivity contribution in [3.05, 3.63) is 0 Å². The summed E-state index contributed by atoms with van der Waals surface area (Å²) < 4.78 is 38.6. The van der Waals surface area contributed by atoms with Crippen LogP contribution in [-0.2, 0) is 0 Å². The highest BCUT2D eigenvalue weighted by molar-refractivity contribution is 5.06. The van der Waals surface area contributed by atoms with Gasteiger partial charge in [0.2, 0.25) is 0 Å². The van der Waals surface area contributed by atoms with Crippen molar-refractivity contribution < 1.29 is 13.2 Å². The second kappa shape index (κ2) is 4.32. The Morgan fingerprint density at radius 2 is 1.87 bits per heavy atom. The summed E-state index contributed by atoms with van der Waals surface area (Å²) >= 11 is 0. The van der Waals surface area contributed by atoms with E-state index in [0.29, 0.717) is 12.5 Å². The molecular weight excluding hydrogens is 203 g/mol. The van der Waals surface area contributed by atoms with Gasteiger partial charge in [-0.2, -0.15) is 13.2 Å². The minimum absolute atomic E-state index is 0.219. The summed E-state index contributed by atoms with van der Waals surface area (Å²) in [6.45, 7) is 6.32. The van der Waals surface area contributed by atoms with E-state index in [0.717, 1.165) is 6.42 Å². The van der Waals surface area contributed by atoms with Crippen molar-refractivity contribution in [1.29, 1.82) is 0 Å². The maximum Gasteiger partial charge on any atom is 0.406 e. The first kappa shape index (κ1) is 12.8. The van der Waals surface area contributed by atoms with Crippen LogP contribution in [0.3, 0.4) is 0 Å². The van der Waals surface area contributed by atoms with Crippen LogP contribution in [0, 0.1) is 11.8 Å². The molecule has 0 heterocycles. The van der Waals surface area contributed by atoms with Crippen molar-refractivity contribution in [3.63, 3.8) is 0 Å². The lowest BCUT2D eigenvalue weighted by Crippen LogP contribution is -2.65. The van der Waals surface area contributed by atoms with E-state index in [1.807, 2.05) is 20.8 Å². The smallest absolute Gasteiger partial charge is 0.304 e. The lowest BCUT2D eigenvalue weighted by atomic mass is 9.63. The predicted octanol–water partition coefficient (Wildman–Crippen LogP) is 3.35. The van der Waals surface area contributed by atoms with Gasteiger partial charge in [0.15, 0.2) is 0 Å². The molecule has 1 N–H and O–H groups in total. The summed E-state index contributed by atoms with van der Waals surface area (Å²) in [7, 11) is 0. The molecule has 1 saturated carbocycles. The minimum Gasteiger partial charge on any atom is -0.304 e. The molecule has 0 radical (unpaired) electrons. The summed E-state index contributed by atoms with van der Waals surface area (Å²) in [6, 6.07) is 0.